The van der Waals surface area contributed by atoms with Gasteiger partial charge < -0.3 is 20.9 Å². The van der Waals surface area contributed by atoms with E-state index in [1.807, 2.05) is 18.4 Å². The number of nitrogens with two attached hydrogens (primary N) is 2. The average Bonchev–Trinajstić information content (AvgIpc) is 3.08. The van der Waals surface area contributed by atoms with Crippen LogP contribution >= 0.6 is 0 Å². The lowest BCUT2D eigenvalue weighted by molar-refractivity contribution is -0.119. The molecular formula is C13H20N4O2. The highest BCUT2D eigenvalue weighted by Gasteiger charge is 2.30. The number of primary amides is 1. The number of hydrogen-bond acceptors (Lipinski definition) is 3. The highest BCUT2D eigenvalue weighted by molar-refractivity contribution is 5.96. The topological polar surface area (TPSA) is 94.3 Å². The van der Waals surface area contributed by atoms with E-state index in [4.69, 9.17) is 11.5 Å². The molecule has 0 atom stereocenters. The number of carbonyl (C=O) groups is 2. The van der Waals surface area contributed by atoms with Gasteiger partial charge in [0.25, 0.3) is 5.91 Å². The summed E-state index contributed by atoms with van der Waals surface area (Å²) in [5.41, 5.74) is 12.1. The Hall–Kier alpha value is -1.98. The molecule has 1 aromatic heterocycles. The zero-order chi connectivity index (χ0) is 14.2. The lowest BCUT2D eigenvalue weighted by Crippen LogP contribution is -2.43. The Bertz CT molecular complexity index is 503. The average molecular weight is 264 g/mol. The Balaban J connectivity index is 2.28. The number of carbonyl (C=O) groups excluding carboxylic acids is 2. The van der Waals surface area contributed by atoms with Crippen LogP contribution in [0.25, 0.3) is 0 Å². The van der Waals surface area contributed by atoms with Crippen molar-refractivity contribution in [2.24, 2.45) is 5.73 Å². The molecule has 0 radical (unpaired) electrons. The second kappa shape index (κ2) is 4.95. The van der Waals surface area contributed by atoms with Crippen LogP contribution in [0.3, 0.4) is 0 Å². The minimum atomic E-state index is -0.514. The molecule has 1 aromatic rings. The van der Waals surface area contributed by atoms with Crippen molar-refractivity contribution in [1.82, 2.24) is 9.47 Å². The highest BCUT2D eigenvalue weighted by Crippen LogP contribution is 2.37. The Morgan fingerprint density at radius 3 is 2.58 bits per heavy atom. The van der Waals surface area contributed by atoms with Gasteiger partial charge in [0.15, 0.2) is 0 Å². The highest BCUT2D eigenvalue weighted by atomic mass is 16.2. The summed E-state index contributed by atoms with van der Waals surface area (Å²) in [7, 11) is 0. The summed E-state index contributed by atoms with van der Waals surface area (Å²) in [6.07, 6.45) is 3.91. The maximum Gasteiger partial charge on any atom is 0.271 e. The zero-order valence-corrected chi connectivity index (χ0v) is 11.3. The third-order valence-electron chi connectivity index (χ3n) is 3.24. The summed E-state index contributed by atoms with van der Waals surface area (Å²) in [5, 5.41) is 0. The molecule has 1 aliphatic rings. The number of anilines is 1. The predicted octanol–water partition coefficient (Wildman–Crippen LogP) is 0.741. The number of amides is 2. The summed E-state index contributed by atoms with van der Waals surface area (Å²) < 4.78 is 1.91. The molecule has 1 saturated carbocycles. The van der Waals surface area contributed by atoms with Gasteiger partial charge in [-0.05, 0) is 32.8 Å². The molecule has 104 valence electrons. The van der Waals surface area contributed by atoms with Crippen molar-refractivity contribution in [3.8, 4) is 0 Å². The molecule has 19 heavy (non-hydrogen) atoms. The van der Waals surface area contributed by atoms with E-state index in [9.17, 15) is 9.59 Å². The third kappa shape index (κ3) is 2.89. The Morgan fingerprint density at radius 2 is 2.11 bits per heavy atom. The van der Waals surface area contributed by atoms with Gasteiger partial charge in [0, 0.05) is 18.3 Å². The van der Waals surface area contributed by atoms with E-state index in [0.29, 0.717) is 17.4 Å². The summed E-state index contributed by atoms with van der Waals surface area (Å²) in [5.74, 6) is -0.711. The second-order valence-corrected chi connectivity index (χ2v) is 5.29. The van der Waals surface area contributed by atoms with Gasteiger partial charge >= 0.3 is 0 Å². The van der Waals surface area contributed by atoms with E-state index in [1.165, 1.54) is 4.90 Å². The van der Waals surface area contributed by atoms with Gasteiger partial charge in [-0.2, -0.15) is 0 Å². The number of nitrogens with zero attached hydrogens (tertiary/aromatic N) is 2. The van der Waals surface area contributed by atoms with Crippen LogP contribution in [0.5, 0.6) is 0 Å². The Morgan fingerprint density at radius 1 is 1.47 bits per heavy atom. The first-order valence-corrected chi connectivity index (χ1v) is 6.46. The van der Waals surface area contributed by atoms with Crippen molar-refractivity contribution >= 4 is 17.5 Å². The van der Waals surface area contributed by atoms with Gasteiger partial charge in [0.05, 0.1) is 12.2 Å². The fraction of sp³-hybridized carbons (Fsp3) is 0.538. The van der Waals surface area contributed by atoms with Crippen LogP contribution in [0.4, 0.5) is 5.69 Å². The van der Waals surface area contributed by atoms with Crippen molar-refractivity contribution in [2.45, 2.75) is 38.8 Å². The van der Waals surface area contributed by atoms with Crippen molar-refractivity contribution in [2.75, 3.05) is 12.3 Å². The summed E-state index contributed by atoms with van der Waals surface area (Å²) in [4.78, 5) is 25.1. The van der Waals surface area contributed by atoms with Crippen LogP contribution in [-0.4, -0.2) is 33.9 Å². The minimum Gasteiger partial charge on any atom is -0.397 e. The van der Waals surface area contributed by atoms with E-state index in [1.54, 1.807) is 12.3 Å². The van der Waals surface area contributed by atoms with E-state index in [2.05, 4.69) is 0 Å². The first-order valence-electron chi connectivity index (χ1n) is 6.46. The molecule has 6 heteroatoms. The third-order valence-corrected chi connectivity index (χ3v) is 3.24. The molecule has 0 aliphatic heterocycles. The van der Waals surface area contributed by atoms with Gasteiger partial charge in [0.2, 0.25) is 5.91 Å². The Labute approximate surface area is 112 Å². The van der Waals surface area contributed by atoms with Crippen molar-refractivity contribution in [3.63, 3.8) is 0 Å². The smallest absolute Gasteiger partial charge is 0.271 e. The molecule has 0 saturated heterocycles. The maximum absolute atomic E-state index is 12.5. The van der Waals surface area contributed by atoms with E-state index in [0.717, 1.165) is 12.8 Å². The molecule has 6 nitrogen and oxygen atoms in total. The molecule has 4 N–H and O–H groups in total. The lowest BCUT2D eigenvalue weighted by atomic mass is 10.2. The van der Waals surface area contributed by atoms with Crippen LogP contribution in [0.15, 0.2) is 12.3 Å². The number of rotatable bonds is 5. The van der Waals surface area contributed by atoms with Crippen LogP contribution < -0.4 is 11.5 Å². The van der Waals surface area contributed by atoms with Crippen LogP contribution in [0.1, 0.15) is 43.2 Å². The predicted molar refractivity (Wildman–Crippen MR) is 72.5 cm³/mol. The molecular weight excluding hydrogens is 244 g/mol. The molecule has 0 spiro atoms. The second-order valence-electron chi connectivity index (χ2n) is 5.29. The van der Waals surface area contributed by atoms with Gasteiger partial charge in [-0.3, -0.25) is 9.59 Å². The fourth-order valence-corrected chi connectivity index (χ4v) is 2.13. The standard InChI is InChI=1S/C13H20N4O2/c1-8(2)16(7-12(15)18)13(19)11-5-9(14)6-17(11)10-3-4-10/h5-6,8,10H,3-4,7,14H2,1-2H3,(H2,15,18). The van der Waals surface area contributed by atoms with Crippen LogP contribution in [0.2, 0.25) is 0 Å². The first kappa shape index (κ1) is 13.5. The summed E-state index contributed by atoms with van der Waals surface area (Å²) in [6, 6.07) is 1.93. The van der Waals surface area contributed by atoms with Crippen molar-refractivity contribution < 1.29 is 9.59 Å². The zero-order valence-electron chi connectivity index (χ0n) is 11.3. The molecule has 1 aliphatic carbocycles. The van der Waals surface area contributed by atoms with E-state index in [-0.39, 0.29) is 18.5 Å². The molecule has 2 rings (SSSR count). The first-order chi connectivity index (χ1) is 8.90. The number of aromatic nitrogens is 1. The maximum atomic E-state index is 12.5. The van der Waals surface area contributed by atoms with Gasteiger partial charge in [-0.25, -0.2) is 0 Å². The van der Waals surface area contributed by atoms with Crippen molar-refractivity contribution in [1.29, 1.82) is 0 Å². The number of nitrogen functional groups attached to an aromatic ring is 1. The SMILES string of the molecule is CC(C)N(CC(N)=O)C(=O)c1cc(N)cn1C1CC1. The monoisotopic (exact) mass is 264 g/mol. The summed E-state index contributed by atoms with van der Waals surface area (Å²) in [6.45, 7) is 3.63. The van der Waals surface area contributed by atoms with Crippen LogP contribution in [-0.2, 0) is 4.79 Å². The van der Waals surface area contributed by atoms with Gasteiger partial charge in [-0.15, -0.1) is 0 Å². The van der Waals surface area contributed by atoms with Gasteiger partial charge in [0.1, 0.15) is 5.69 Å². The van der Waals surface area contributed by atoms with Gasteiger partial charge in [-0.1, -0.05) is 0 Å². The molecule has 1 fully saturated rings. The minimum absolute atomic E-state index is 0.0771. The van der Waals surface area contributed by atoms with E-state index >= 15 is 0 Å². The fourth-order valence-electron chi connectivity index (χ4n) is 2.13. The normalized spacial score (nSPS) is 14.7. The molecule has 0 unspecified atom stereocenters. The molecule has 2 amide bonds. The molecule has 1 heterocycles. The van der Waals surface area contributed by atoms with Crippen molar-refractivity contribution in [3.05, 3.63) is 18.0 Å². The van der Waals surface area contributed by atoms with Crippen LogP contribution in [0, 0.1) is 0 Å². The molecule has 0 bridgehead atoms. The Kier molecular flexibility index (Phi) is 3.50. The largest absolute Gasteiger partial charge is 0.397 e. The molecule has 0 aromatic carbocycles. The summed E-state index contributed by atoms with van der Waals surface area (Å²) >= 11 is 0. The van der Waals surface area contributed by atoms with E-state index < -0.39 is 5.91 Å². The lowest BCUT2D eigenvalue weighted by Gasteiger charge is -2.25. The quantitative estimate of drug-likeness (QED) is 0.821. The number of hydrogen-bond donors (Lipinski definition) is 2.